The van der Waals surface area contributed by atoms with E-state index in [-0.39, 0.29) is 16.1 Å². The Hall–Kier alpha value is -1.66. The van der Waals surface area contributed by atoms with E-state index in [1.54, 1.807) is 18.2 Å². The van der Waals surface area contributed by atoms with Gasteiger partial charge >= 0.3 is 0 Å². The summed E-state index contributed by atoms with van der Waals surface area (Å²) in [7, 11) is 0. The summed E-state index contributed by atoms with van der Waals surface area (Å²) < 4.78 is 13.7. The van der Waals surface area contributed by atoms with Crippen molar-refractivity contribution in [3.63, 3.8) is 0 Å². The standard InChI is InChI=1S/C16H17FN2O2S/c17-13-7-3-2-6-12(13)10-14-15(20)19(16(21)22-14)11-18-8-4-1-5-9-18/h2-3,6-7,10H,1,4-5,8-9,11H2/b14-10+. The van der Waals surface area contributed by atoms with Gasteiger partial charge in [0.25, 0.3) is 11.1 Å². The SMILES string of the molecule is O=C1S/C(=C/c2ccccc2F)C(=O)N1CN1CCCCC1. The van der Waals surface area contributed by atoms with Crippen molar-refractivity contribution in [1.29, 1.82) is 0 Å². The van der Waals surface area contributed by atoms with Crippen molar-refractivity contribution in [2.24, 2.45) is 0 Å². The minimum absolute atomic E-state index is 0.279. The molecule has 0 spiro atoms. The number of nitrogens with zero attached hydrogens (tertiary/aromatic N) is 2. The molecule has 0 radical (unpaired) electrons. The Morgan fingerprint density at radius 2 is 1.86 bits per heavy atom. The topological polar surface area (TPSA) is 40.6 Å². The van der Waals surface area contributed by atoms with E-state index in [9.17, 15) is 14.0 Å². The van der Waals surface area contributed by atoms with Gasteiger partial charge in [-0.05, 0) is 49.8 Å². The molecule has 1 aromatic rings. The Balaban J connectivity index is 1.75. The first-order valence-electron chi connectivity index (χ1n) is 7.37. The van der Waals surface area contributed by atoms with Crippen molar-refractivity contribution < 1.29 is 14.0 Å². The van der Waals surface area contributed by atoms with Crippen LogP contribution in [0.2, 0.25) is 0 Å². The van der Waals surface area contributed by atoms with Gasteiger partial charge in [-0.2, -0.15) is 0 Å². The maximum Gasteiger partial charge on any atom is 0.294 e. The number of imide groups is 1. The molecule has 0 N–H and O–H groups in total. The van der Waals surface area contributed by atoms with E-state index in [1.807, 2.05) is 0 Å². The molecular weight excluding hydrogens is 303 g/mol. The van der Waals surface area contributed by atoms with Crippen molar-refractivity contribution in [1.82, 2.24) is 9.80 Å². The largest absolute Gasteiger partial charge is 0.294 e. The number of carbonyl (C=O) groups excluding carboxylic acids is 2. The molecule has 2 saturated heterocycles. The van der Waals surface area contributed by atoms with Crippen LogP contribution in [0.4, 0.5) is 9.18 Å². The molecule has 0 saturated carbocycles. The van der Waals surface area contributed by atoms with Crippen LogP contribution in [0.3, 0.4) is 0 Å². The molecule has 0 aliphatic carbocycles. The zero-order valence-corrected chi connectivity index (χ0v) is 12.9. The first-order chi connectivity index (χ1) is 10.6. The quantitative estimate of drug-likeness (QED) is 0.801. The van der Waals surface area contributed by atoms with Crippen LogP contribution in [0.15, 0.2) is 29.2 Å². The predicted molar refractivity (Wildman–Crippen MR) is 84.5 cm³/mol. The number of benzene rings is 1. The first-order valence-corrected chi connectivity index (χ1v) is 8.19. The third kappa shape index (κ3) is 3.23. The number of piperidine rings is 1. The van der Waals surface area contributed by atoms with Gasteiger partial charge in [-0.25, -0.2) is 4.39 Å². The van der Waals surface area contributed by atoms with Crippen molar-refractivity contribution in [3.05, 3.63) is 40.6 Å². The van der Waals surface area contributed by atoms with E-state index in [0.29, 0.717) is 12.2 Å². The van der Waals surface area contributed by atoms with Gasteiger partial charge in [0.05, 0.1) is 11.6 Å². The molecule has 22 heavy (non-hydrogen) atoms. The highest BCUT2D eigenvalue weighted by Crippen LogP contribution is 2.32. The monoisotopic (exact) mass is 320 g/mol. The number of amides is 2. The Labute approximate surface area is 133 Å². The molecule has 0 atom stereocenters. The molecule has 1 aromatic carbocycles. The number of likely N-dealkylation sites (tertiary alicyclic amines) is 1. The zero-order valence-electron chi connectivity index (χ0n) is 12.1. The highest BCUT2D eigenvalue weighted by atomic mass is 32.2. The summed E-state index contributed by atoms with van der Waals surface area (Å²) in [6.07, 6.45) is 4.85. The van der Waals surface area contributed by atoms with Gasteiger partial charge in [0.1, 0.15) is 5.82 Å². The highest BCUT2D eigenvalue weighted by Gasteiger charge is 2.36. The third-order valence-electron chi connectivity index (χ3n) is 3.86. The van der Waals surface area contributed by atoms with Gasteiger partial charge in [-0.3, -0.25) is 19.4 Å². The lowest BCUT2D eigenvalue weighted by Crippen LogP contribution is -2.42. The van der Waals surface area contributed by atoms with Gasteiger partial charge in [0.15, 0.2) is 0 Å². The smallest absolute Gasteiger partial charge is 0.286 e. The second-order valence-corrected chi connectivity index (χ2v) is 6.44. The van der Waals surface area contributed by atoms with Crippen LogP contribution in [-0.2, 0) is 4.79 Å². The molecule has 0 unspecified atom stereocenters. The number of halogens is 1. The van der Waals surface area contributed by atoms with E-state index in [4.69, 9.17) is 0 Å². The van der Waals surface area contributed by atoms with Crippen molar-refractivity contribution in [3.8, 4) is 0 Å². The Kier molecular flexibility index (Phi) is 4.59. The summed E-state index contributed by atoms with van der Waals surface area (Å²) >= 11 is 0.879. The van der Waals surface area contributed by atoms with Crippen LogP contribution in [0.5, 0.6) is 0 Å². The highest BCUT2D eigenvalue weighted by molar-refractivity contribution is 8.18. The number of hydrogen-bond donors (Lipinski definition) is 0. The maximum absolute atomic E-state index is 13.7. The van der Waals surface area contributed by atoms with E-state index in [1.165, 1.54) is 23.5 Å². The zero-order chi connectivity index (χ0) is 15.5. The summed E-state index contributed by atoms with van der Waals surface area (Å²) in [6.45, 7) is 2.15. The van der Waals surface area contributed by atoms with Crippen molar-refractivity contribution >= 4 is 29.0 Å². The van der Waals surface area contributed by atoms with E-state index >= 15 is 0 Å². The van der Waals surface area contributed by atoms with Crippen LogP contribution in [0, 0.1) is 5.82 Å². The fourth-order valence-corrected chi connectivity index (χ4v) is 3.48. The molecule has 3 rings (SSSR count). The Morgan fingerprint density at radius 1 is 1.14 bits per heavy atom. The van der Waals surface area contributed by atoms with Crippen LogP contribution in [0.1, 0.15) is 24.8 Å². The Bertz CT molecular complexity index is 626. The van der Waals surface area contributed by atoms with E-state index in [2.05, 4.69) is 4.90 Å². The van der Waals surface area contributed by atoms with E-state index < -0.39 is 5.82 Å². The molecule has 2 aliphatic rings. The lowest BCUT2D eigenvalue weighted by atomic mass is 10.1. The minimum atomic E-state index is -0.398. The summed E-state index contributed by atoms with van der Waals surface area (Å²) in [6, 6.07) is 6.22. The normalized spacial score (nSPS) is 21.9. The molecule has 4 nitrogen and oxygen atoms in total. The fourth-order valence-electron chi connectivity index (χ4n) is 2.66. The van der Waals surface area contributed by atoms with Gasteiger partial charge in [-0.15, -0.1) is 0 Å². The summed E-state index contributed by atoms with van der Waals surface area (Å²) in [5, 5.41) is -0.279. The summed E-state index contributed by atoms with van der Waals surface area (Å²) in [5.41, 5.74) is 0.325. The van der Waals surface area contributed by atoms with Gasteiger partial charge in [0.2, 0.25) is 0 Å². The minimum Gasteiger partial charge on any atom is -0.286 e. The molecule has 6 heteroatoms. The maximum atomic E-state index is 13.7. The summed E-state index contributed by atoms with van der Waals surface area (Å²) in [4.78, 5) is 28.1. The number of rotatable bonds is 3. The molecule has 116 valence electrons. The lowest BCUT2D eigenvalue weighted by Gasteiger charge is -2.29. The van der Waals surface area contributed by atoms with Crippen LogP contribution in [-0.4, -0.2) is 40.7 Å². The lowest BCUT2D eigenvalue weighted by molar-refractivity contribution is -0.124. The average Bonchev–Trinajstić information content (AvgIpc) is 2.78. The predicted octanol–water partition coefficient (Wildman–Crippen LogP) is 3.31. The summed E-state index contributed by atoms with van der Waals surface area (Å²) in [5.74, 6) is -0.728. The van der Waals surface area contributed by atoms with Crippen LogP contribution >= 0.6 is 11.8 Å². The molecule has 0 aromatic heterocycles. The molecule has 2 amide bonds. The van der Waals surface area contributed by atoms with Gasteiger partial charge < -0.3 is 0 Å². The van der Waals surface area contributed by atoms with Gasteiger partial charge in [0, 0.05) is 5.56 Å². The van der Waals surface area contributed by atoms with E-state index in [0.717, 1.165) is 37.7 Å². The first kappa shape index (κ1) is 15.2. The number of hydrogen-bond acceptors (Lipinski definition) is 4. The molecule has 2 aliphatic heterocycles. The third-order valence-corrected chi connectivity index (χ3v) is 4.76. The van der Waals surface area contributed by atoms with Crippen LogP contribution < -0.4 is 0 Å². The fraction of sp³-hybridized carbons (Fsp3) is 0.375. The second-order valence-electron chi connectivity index (χ2n) is 5.45. The molecule has 2 fully saturated rings. The molecular formula is C16H17FN2O2S. The van der Waals surface area contributed by atoms with Gasteiger partial charge in [-0.1, -0.05) is 24.6 Å². The van der Waals surface area contributed by atoms with Crippen molar-refractivity contribution in [2.75, 3.05) is 19.8 Å². The average molecular weight is 320 g/mol. The number of carbonyl (C=O) groups is 2. The molecule has 2 heterocycles. The van der Waals surface area contributed by atoms with Crippen molar-refractivity contribution in [2.45, 2.75) is 19.3 Å². The molecule has 0 bridgehead atoms. The van der Waals surface area contributed by atoms with Crippen LogP contribution in [0.25, 0.3) is 6.08 Å². The second kappa shape index (κ2) is 6.62. The Morgan fingerprint density at radius 3 is 2.59 bits per heavy atom. The number of thioether (sulfide) groups is 1.